The van der Waals surface area contributed by atoms with Crippen molar-refractivity contribution in [1.29, 1.82) is 0 Å². The molecule has 0 aromatic heterocycles. The smallest absolute Gasteiger partial charge is 0.0903 e. The second-order valence-electron chi connectivity index (χ2n) is 5.24. The van der Waals surface area contributed by atoms with E-state index in [0.717, 1.165) is 45.1 Å². The molecule has 1 saturated heterocycles. The summed E-state index contributed by atoms with van der Waals surface area (Å²) in [5, 5.41) is 10.7. The Bertz CT molecular complexity index is 257. The Morgan fingerprint density at radius 1 is 1.50 bits per heavy atom. The average molecular weight is 224 g/mol. The minimum absolute atomic E-state index is 0.270. The van der Waals surface area contributed by atoms with Gasteiger partial charge in [0, 0.05) is 12.8 Å². The van der Waals surface area contributed by atoms with E-state index in [4.69, 9.17) is 4.74 Å². The molecule has 1 N–H and O–H groups in total. The summed E-state index contributed by atoms with van der Waals surface area (Å²) >= 11 is 0. The van der Waals surface area contributed by atoms with Gasteiger partial charge in [-0.05, 0) is 37.7 Å². The SMILES string of the molecule is CCCC1CC(O)(C2=CCCCC2)CCO1. The van der Waals surface area contributed by atoms with Gasteiger partial charge >= 0.3 is 0 Å². The number of allylic oxidation sites excluding steroid dienone is 1. The molecule has 0 radical (unpaired) electrons. The summed E-state index contributed by atoms with van der Waals surface area (Å²) in [7, 11) is 0. The second-order valence-corrected chi connectivity index (χ2v) is 5.24. The quantitative estimate of drug-likeness (QED) is 0.746. The number of hydrogen-bond acceptors (Lipinski definition) is 2. The van der Waals surface area contributed by atoms with Gasteiger partial charge in [0.2, 0.25) is 0 Å². The van der Waals surface area contributed by atoms with Crippen LogP contribution in [0, 0.1) is 0 Å². The average Bonchev–Trinajstić information content (AvgIpc) is 2.31. The molecule has 1 heterocycles. The Kier molecular flexibility index (Phi) is 4.04. The van der Waals surface area contributed by atoms with E-state index in [1.54, 1.807) is 0 Å². The Morgan fingerprint density at radius 3 is 3.06 bits per heavy atom. The standard InChI is InChI=1S/C14H24O2/c1-2-6-13-11-14(15,9-10-16-13)12-7-4-3-5-8-12/h7,13,15H,2-6,8-11H2,1H3. The minimum atomic E-state index is -0.543. The maximum absolute atomic E-state index is 10.7. The Morgan fingerprint density at radius 2 is 2.38 bits per heavy atom. The fourth-order valence-corrected chi connectivity index (χ4v) is 2.99. The Hall–Kier alpha value is -0.340. The van der Waals surface area contributed by atoms with Crippen molar-refractivity contribution in [3.63, 3.8) is 0 Å². The lowest BCUT2D eigenvalue weighted by Gasteiger charge is -2.39. The van der Waals surface area contributed by atoms with E-state index in [1.807, 2.05) is 0 Å². The van der Waals surface area contributed by atoms with Crippen LogP contribution in [0.25, 0.3) is 0 Å². The predicted molar refractivity (Wildman–Crippen MR) is 65.4 cm³/mol. The maximum Gasteiger partial charge on any atom is 0.0903 e. The molecule has 0 aromatic rings. The zero-order valence-corrected chi connectivity index (χ0v) is 10.4. The molecule has 92 valence electrons. The first-order chi connectivity index (χ1) is 7.74. The van der Waals surface area contributed by atoms with Crippen molar-refractivity contribution in [2.75, 3.05) is 6.61 Å². The summed E-state index contributed by atoms with van der Waals surface area (Å²) in [6.07, 6.45) is 11.1. The topological polar surface area (TPSA) is 29.5 Å². The van der Waals surface area contributed by atoms with Crippen molar-refractivity contribution in [3.05, 3.63) is 11.6 Å². The molecule has 2 heteroatoms. The molecular formula is C14H24O2. The highest BCUT2D eigenvalue weighted by molar-refractivity contribution is 5.19. The van der Waals surface area contributed by atoms with Crippen LogP contribution in [0.4, 0.5) is 0 Å². The first kappa shape index (κ1) is 12.1. The van der Waals surface area contributed by atoms with Crippen molar-refractivity contribution in [1.82, 2.24) is 0 Å². The number of rotatable bonds is 3. The van der Waals surface area contributed by atoms with E-state index in [1.165, 1.54) is 18.4 Å². The van der Waals surface area contributed by atoms with Gasteiger partial charge in [-0.15, -0.1) is 0 Å². The van der Waals surface area contributed by atoms with Crippen LogP contribution in [0.1, 0.15) is 58.3 Å². The highest BCUT2D eigenvalue weighted by Gasteiger charge is 2.37. The predicted octanol–water partition coefficient (Wildman–Crippen LogP) is 3.20. The molecule has 0 bridgehead atoms. The van der Waals surface area contributed by atoms with E-state index in [-0.39, 0.29) is 6.10 Å². The van der Waals surface area contributed by atoms with Crippen molar-refractivity contribution in [3.8, 4) is 0 Å². The molecule has 1 aliphatic carbocycles. The molecule has 2 nitrogen and oxygen atoms in total. The normalized spacial score (nSPS) is 35.9. The van der Waals surface area contributed by atoms with Crippen molar-refractivity contribution in [2.24, 2.45) is 0 Å². The van der Waals surface area contributed by atoms with Crippen LogP contribution < -0.4 is 0 Å². The van der Waals surface area contributed by atoms with Gasteiger partial charge in [0.15, 0.2) is 0 Å². The Labute approximate surface area is 98.7 Å². The Balaban J connectivity index is 2.02. The van der Waals surface area contributed by atoms with Gasteiger partial charge in [0.25, 0.3) is 0 Å². The number of aliphatic hydroxyl groups is 1. The van der Waals surface area contributed by atoms with Gasteiger partial charge in [-0.1, -0.05) is 19.4 Å². The van der Waals surface area contributed by atoms with Gasteiger partial charge in [0.1, 0.15) is 0 Å². The fourth-order valence-electron chi connectivity index (χ4n) is 2.99. The molecule has 0 amide bonds. The van der Waals surface area contributed by atoms with Crippen LogP contribution in [0.3, 0.4) is 0 Å². The summed E-state index contributed by atoms with van der Waals surface area (Å²) in [6, 6.07) is 0. The first-order valence-electron chi connectivity index (χ1n) is 6.78. The summed E-state index contributed by atoms with van der Waals surface area (Å²) in [6.45, 7) is 2.90. The lowest BCUT2D eigenvalue weighted by Crippen LogP contribution is -2.42. The molecule has 1 fully saturated rings. The molecule has 2 unspecified atom stereocenters. The number of ether oxygens (including phenoxy) is 1. The van der Waals surface area contributed by atoms with Crippen LogP contribution in [0.5, 0.6) is 0 Å². The van der Waals surface area contributed by atoms with E-state index in [2.05, 4.69) is 13.0 Å². The molecular weight excluding hydrogens is 200 g/mol. The van der Waals surface area contributed by atoms with Gasteiger partial charge in [-0.3, -0.25) is 0 Å². The van der Waals surface area contributed by atoms with Crippen LogP contribution in [-0.4, -0.2) is 23.4 Å². The molecule has 1 aliphatic heterocycles. The lowest BCUT2D eigenvalue weighted by atomic mass is 9.78. The van der Waals surface area contributed by atoms with Crippen LogP contribution >= 0.6 is 0 Å². The van der Waals surface area contributed by atoms with Crippen molar-refractivity contribution < 1.29 is 9.84 Å². The third kappa shape index (κ3) is 2.67. The molecule has 0 spiro atoms. The highest BCUT2D eigenvalue weighted by Crippen LogP contribution is 2.37. The van der Waals surface area contributed by atoms with Gasteiger partial charge in [-0.2, -0.15) is 0 Å². The van der Waals surface area contributed by atoms with E-state index >= 15 is 0 Å². The lowest BCUT2D eigenvalue weighted by molar-refractivity contribution is -0.0883. The third-order valence-corrected chi connectivity index (χ3v) is 3.93. The molecule has 2 rings (SSSR count). The summed E-state index contributed by atoms with van der Waals surface area (Å²) < 4.78 is 5.72. The van der Waals surface area contributed by atoms with Gasteiger partial charge in [0.05, 0.1) is 18.3 Å². The van der Waals surface area contributed by atoms with E-state index in [9.17, 15) is 5.11 Å². The largest absolute Gasteiger partial charge is 0.385 e. The van der Waals surface area contributed by atoms with E-state index < -0.39 is 5.60 Å². The molecule has 0 aromatic carbocycles. The van der Waals surface area contributed by atoms with E-state index in [0.29, 0.717) is 0 Å². The zero-order chi connectivity index (χ0) is 11.4. The minimum Gasteiger partial charge on any atom is -0.385 e. The van der Waals surface area contributed by atoms with Crippen LogP contribution in [0.2, 0.25) is 0 Å². The molecule has 16 heavy (non-hydrogen) atoms. The molecule has 0 saturated carbocycles. The zero-order valence-electron chi connectivity index (χ0n) is 10.4. The highest BCUT2D eigenvalue weighted by atomic mass is 16.5. The summed E-state index contributed by atoms with van der Waals surface area (Å²) in [5.41, 5.74) is 0.751. The fraction of sp³-hybridized carbons (Fsp3) is 0.857. The van der Waals surface area contributed by atoms with Crippen molar-refractivity contribution >= 4 is 0 Å². The van der Waals surface area contributed by atoms with Crippen LogP contribution in [-0.2, 0) is 4.74 Å². The maximum atomic E-state index is 10.7. The molecule has 2 atom stereocenters. The number of hydrogen-bond donors (Lipinski definition) is 1. The monoisotopic (exact) mass is 224 g/mol. The summed E-state index contributed by atoms with van der Waals surface area (Å²) in [5.74, 6) is 0. The third-order valence-electron chi connectivity index (χ3n) is 3.93. The summed E-state index contributed by atoms with van der Waals surface area (Å²) in [4.78, 5) is 0. The second kappa shape index (κ2) is 5.33. The van der Waals surface area contributed by atoms with Crippen LogP contribution in [0.15, 0.2) is 11.6 Å². The first-order valence-corrected chi connectivity index (χ1v) is 6.78. The van der Waals surface area contributed by atoms with Gasteiger partial charge < -0.3 is 9.84 Å². The van der Waals surface area contributed by atoms with Crippen molar-refractivity contribution in [2.45, 2.75) is 70.0 Å². The van der Waals surface area contributed by atoms with Gasteiger partial charge in [-0.25, -0.2) is 0 Å². The molecule has 2 aliphatic rings.